The highest BCUT2D eigenvalue weighted by Gasteiger charge is 2.41. The summed E-state index contributed by atoms with van der Waals surface area (Å²) < 4.78 is 24.3. The molecule has 0 aliphatic heterocycles. The van der Waals surface area contributed by atoms with E-state index in [9.17, 15) is 14.0 Å². The van der Waals surface area contributed by atoms with Crippen LogP contribution in [0.5, 0.6) is 11.5 Å². The molecule has 4 rings (SSSR count). The van der Waals surface area contributed by atoms with E-state index in [2.05, 4.69) is 0 Å². The molecule has 0 amide bonds. The highest BCUT2D eigenvalue weighted by Crippen LogP contribution is 2.46. The maximum Gasteiger partial charge on any atom is 0.150 e. The topological polar surface area (TPSA) is 52.6 Å². The second-order valence-electron chi connectivity index (χ2n) is 8.50. The lowest BCUT2D eigenvalue weighted by Gasteiger charge is -2.31. The zero-order chi connectivity index (χ0) is 23.0. The second kappa shape index (κ2) is 11.3. The van der Waals surface area contributed by atoms with Crippen LogP contribution in [-0.4, -0.2) is 25.3 Å². The normalized spacial score (nSPS) is 16.9. The van der Waals surface area contributed by atoms with Gasteiger partial charge in [-0.2, -0.15) is 0 Å². The van der Waals surface area contributed by atoms with Gasteiger partial charge in [-0.15, -0.1) is 0 Å². The average Bonchev–Trinajstić information content (AvgIpc) is 3.15. The van der Waals surface area contributed by atoms with Gasteiger partial charge in [-0.05, 0) is 69.4 Å². The van der Waals surface area contributed by atoms with Crippen molar-refractivity contribution >= 4 is 12.1 Å². The second-order valence-corrected chi connectivity index (χ2v) is 8.50. The van der Waals surface area contributed by atoms with Gasteiger partial charge in [0.15, 0.2) is 0 Å². The summed E-state index contributed by atoms with van der Waals surface area (Å²) in [6.45, 7) is 4.65. The van der Waals surface area contributed by atoms with Crippen molar-refractivity contribution in [1.29, 1.82) is 0 Å². The van der Waals surface area contributed by atoms with Crippen molar-refractivity contribution in [3.63, 3.8) is 0 Å². The maximum absolute atomic E-state index is 13.1. The number of carbonyl (C=O) groups excluding carboxylic acids is 2. The first-order valence-electron chi connectivity index (χ1n) is 11.7. The number of ether oxygens (including phenoxy) is 2. The van der Waals surface area contributed by atoms with E-state index >= 15 is 0 Å². The molecular weight excluding hydrogens is 407 g/mol. The van der Waals surface area contributed by atoms with Crippen LogP contribution in [0.3, 0.4) is 0 Å². The highest BCUT2D eigenvalue weighted by atomic mass is 19.1. The summed E-state index contributed by atoms with van der Waals surface area (Å²) in [6.07, 6.45) is 10.3. The van der Waals surface area contributed by atoms with Crippen LogP contribution >= 0.6 is 0 Å². The Labute approximate surface area is 190 Å². The number of Topliss-reactive ketones (excluding diaryl/α,β-unsaturated/α-hetero) is 1. The van der Waals surface area contributed by atoms with Crippen molar-refractivity contribution in [2.45, 2.75) is 65.2 Å². The molecule has 0 atom stereocenters. The molecule has 5 heteroatoms. The molecule has 0 N–H and O–H groups in total. The summed E-state index contributed by atoms with van der Waals surface area (Å²) in [5, 5.41) is 0. The predicted molar refractivity (Wildman–Crippen MR) is 124 cm³/mol. The third-order valence-electron chi connectivity index (χ3n) is 6.42. The van der Waals surface area contributed by atoms with E-state index in [0.717, 1.165) is 23.8 Å². The Morgan fingerprint density at radius 3 is 1.94 bits per heavy atom. The van der Waals surface area contributed by atoms with Crippen molar-refractivity contribution in [2.24, 2.45) is 5.41 Å². The molecule has 0 radical (unpaired) electrons. The standard InChI is InChI=1S/C17H17FO3.C10H16O/c1-3-20-15-9-12(11-19)10-16(21-4-2)17(15)13-5-7-14(18)8-6-13;11-9-5-4-8-10(9)6-2-1-3-7-10/h5-11H,3-4H2,1-2H3;1-8H2. The number of hydrogen-bond acceptors (Lipinski definition) is 4. The van der Waals surface area contributed by atoms with Gasteiger partial charge < -0.3 is 9.47 Å². The summed E-state index contributed by atoms with van der Waals surface area (Å²) in [5.74, 6) is 1.38. The third kappa shape index (κ3) is 5.56. The summed E-state index contributed by atoms with van der Waals surface area (Å²) >= 11 is 0. The van der Waals surface area contributed by atoms with Gasteiger partial charge in [-0.1, -0.05) is 31.4 Å². The van der Waals surface area contributed by atoms with Gasteiger partial charge in [-0.3, -0.25) is 9.59 Å². The third-order valence-corrected chi connectivity index (χ3v) is 6.42. The number of benzene rings is 2. The number of ketones is 1. The summed E-state index contributed by atoms with van der Waals surface area (Å²) in [5.41, 5.74) is 2.18. The molecule has 2 saturated carbocycles. The number of halogens is 1. The molecule has 2 fully saturated rings. The predicted octanol–water partition coefficient (Wildman–Crippen LogP) is 6.79. The maximum atomic E-state index is 13.1. The fourth-order valence-corrected chi connectivity index (χ4v) is 4.87. The van der Waals surface area contributed by atoms with Gasteiger partial charge in [0.25, 0.3) is 0 Å². The van der Waals surface area contributed by atoms with Gasteiger partial charge in [0, 0.05) is 17.4 Å². The molecule has 172 valence electrons. The van der Waals surface area contributed by atoms with E-state index in [4.69, 9.17) is 9.47 Å². The summed E-state index contributed by atoms with van der Waals surface area (Å²) in [7, 11) is 0. The van der Waals surface area contributed by atoms with E-state index in [-0.39, 0.29) is 11.2 Å². The number of carbonyl (C=O) groups is 2. The molecule has 32 heavy (non-hydrogen) atoms. The first kappa shape index (κ1) is 24.0. The molecule has 4 nitrogen and oxygen atoms in total. The van der Waals surface area contributed by atoms with Crippen molar-refractivity contribution in [3.8, 4) is 22.6 Å². The van der Waals surface area contributed by atoms with Gasteiger partial charge in [0.1, 0.15) is 29.4 Å². The molecule has 0 unspecified atom stereocenters. The Balaban J connectivity index is 0.000000219. The number of aldehydes is 1. The fourth-order valence-electron chi connectivity index (χ4n) is 4.87. The van der Waals surface area contributed by atoms with Gasteiger partial charge in [0.05, 0.1) is 18.8 Å². The highest BCUT2D eigenvalue weighted by molar-refractivity contribution is 5.87. The van der Waals surface area contributed by atoms with Crippen LogP contribution in [0.15, 0.2) is 36.4 Å². The van der Waals surface area contributed by atoms with Crippen LogP contribution in [0.25, 0.3) is 11.1 Å². The molecule has 2 aliphatic carbocycles. The zero-order valence-electron chi connectivity index (χ0n) is 19.1. The van der Waals surface area contributed by atoms with Crippen LogP contribution in [0, 0.1) is 11.2 Å². The van der Waals surface area contributed by atoms with E-state index < -0.39 is 0 Å². The monoisotopic (exact) mass is 440 g/mol. The Morgan fingerprint density at radius 2 is 1.47 bits per heavy atom. The Kier molecular flexibility index (Phi) is 8.43. The van der Waals surface area contributed by atoms with Crippen molar-refractivity contribution in [3.05, 3.63) is 47.8 Å². The van der Waals surface area contributed by atoms with Gasteiger partial charge >= 0.3 is 0 Å². The lowest BCUT2D eigenvalue weighted by molar-refractivity contribution is -0.127. The first-order chi connectivity index (χ1) is 15.5. The van der Waals surface area contributed by atoms with Crippen molar-refractivity contribution in [2.75, 3.05) is 13.2 Å². The Bertz CT molecular complexity index is 887. The summed E-state index contributed by atoms with van der Waals surface area (Å²) in [4.78, 5) is 22.6. The van der Waals surface area contributed by atoms with Crippen LogP contribution < -0.4 is 9.47 Å². The molecule has 2 aliphatic rings. The molecule has 0 saturated heterocycles. The fraction of sp³-hybridized carbons (Fsp3) is 0.481. The Hall–Kier alpha value is -2.69. The van der Waals surface area contributed by atoms with Crippen LogP contribution in [0.2, 0.25) is 0 Å². The molecule has 2 aromatic carbocycles. The van der Waals surface area contributed by atoms with Crippen LogP contribution in [0.4, 0.5) is 4.39 Å². The quantitative estimate of drug-likeness (QED) is 0.464. The largest absolute Gasteiger partial charge is 0.493 e. The van der Waals surface area contributed by atoms with Crippen LogP contribution in [0.1, 0.15) is 75.6 Å². The molecule has 1 spiro atoms. The average molecular weight is 441 g/mol. The van der Waals surface area contributed by atoms with E-state index in [1.807, 2.05) is 13.8 Å². The van der Waals surface area contributed by atoms with E-state index in [1.54, 1.807) is 24.3 Å². The van der Waals surface area contributed by atoms with Crippen molar-refractivity contribution < 1.29 is 23.5 Å². The lowest BCUT2D eigenvalue weighted by Crippen LogP contribution is -2.28. The smallest absolute Gasteiger partial charge is 0.150 e. The lowest BCUT2D eigenvalue weighted by atomic mass is 9.72. The van der Waals surface area contributed by atoms with Crippen LogP contribution in [-0.2, 0) is 4.79 Å². The van der Waals surface area contributed by atoms with Crippen molar-refractivity contribution in [1.82, 2.24) is 0 Å². The summed E-state index contributed by atoms with van der Waals surface area (Å²) in [6, 6.07) is 9.42. The SMILES string of the molecule is CCOc1cc(C=O)cc(OCC)c1-c1ccc(F)cc1.O=C1CCCC12CCCCC2. The van der Waals surface area contributed by atoms with Gasteiger partial charge in [0.2, 0.25) is 0 Å². The zero-order valence-corrected chi connectivity index (χ0v) is 19.1. The number of rotatable bonds is 6. The van der Waals surface area contributed by atoms with E-state index in [0.29, 0.717) is 36.1 Å². The molecule has 2 aromatic rings. The number of hydrogen-bond donors (Lipinski definition) is 0. The molecule has 0 bridgehead atoms. The minimum atomic E-state index is -0.306. The van der Waals surface area contributed by atoms with E-state index in [1.165, 1.54) is 57.1 Å². The molecule has 0 heterocycles. The molecule has 0 aromatic heterocycles. The Morgan fingerprint density at radius 1 is 0.906 bits per heavy atom. The minimum absolute atomic E-state index is 0.193. The first-order valence-corrected chi connectivity index (χ1v) is 11.7. The van der Waals surface area contributed by atoms with Gasteiger partial charge in [-0.25, -0.2) is 4.39 Å². The minimum Gasteiger partial charge on any atom is -0.493 e. The molecular formula is C27H33FO4.